The van der Waals surface area contributed by atoms with E-state index in [0.717, 1.165) is 29.5 Å². The van der Waals surface area contributed by atoms with Crippen molar-refractivity contribution in [1.29, 1.82) is 0 Å². The Kier molecular flexibility index (Phi) is 7.90. The highest BCUT2D eigenvalue weighted by atomic mass is 35.5. The number of carbonyl (C=O) groups excluding carboxylic acids is 3. The van der Waals surface area contributed by atoms with Crippen molar-refractivity contribution >= 4 is 46.7 Å². The van der Waals surface area contributed by atoms with Gasteiger partial charge < -0.3 is 14.8 Å². The largest absolute Gasteiger partial charge is 0.465 e. The summed E-state index contributed by atoms with van der Waals surface area (Å²) in [6.07, 6.45) is 2.30. The average Bonchev–Trinajstić information content (AvgIpc) is 3.55. The van der Waals surface area contributed by atoms with E-state index < -0.39 is 47.0 Å². The van der Waals surface area contributed by atoms with Gasteiger partial charge in [-0.25, -0.2) is 4.79 Å². The smallest absolute Gasteiger partial charge is 0.337 e. The number of cyclic esters (lactones) is 1. The number of hydrogen-bond donors (Lipinski definition) is 1. The molecule has 1 saturated carbocycles. The highest BCUT2D eigenvalue weighted by Gasteiger charge is 2.78. The van der Waals surface area contributed by atoms with E-state index >= 15 is 9.59 Å². The third-order valence-corrected chi connectivity index (χ3v) is 12.2. The summed E-state index contributed by atoms with van der Waals surface area (Å²) >= 11 is 13.3. The van der Waals surface area contributed by atoms with Gasteiger partial charge in [0.2, 0.25) is 5.91 Å². The van der Waals surface area contributed by atoms with Gasteiger partial charge in [-0.15, -0.1) is 0 Å². The van der Waals surface area contributed by atoms with Crippen LogP contribution < -0.4 is 5.32 Å². The molecule has 4 aliphatic rings. The molecule has 0 unspecified atom stereocenters. The number of fused-ring (bicyclic) bond motifs is 5. The molecule has 256 valence electrons. The van der Waals surface area contributed by atoms with Crippen LogP contribution in [0.25, 0.3) is 0 Å². The minimum Gasteiger partial charge on any atom is -0.465 e. The van der Waals surface area contributed by atoms with Gasteiger partial charge in [-0.3, -0.25) is 14.5 Å². The number of rotatable bonds is 4. The van der Waals surface area contributed by atoms with Gasteiger partial charge in [0.15, 0.2) is 0 Å². The lowest BCUT2D eigenvalue weighted by atomic mass is 9.53. The number of morpholine rings is 1. The molecule has 4 aromatic rings. The fraction of sp³-hybridized carbons (Fsp3) is 0.341. The Morgan fingerprint density at radius 1 is 0.800 bits per heavy atom. The van der Waals surface area contributed by atoms with E-state index in [1.165, 1.54) is 7.11 Å². The summed E-state index contributed by atoms with van der Waals surface area (Å²) in [4.78, 5) is 45.7. The lowest BCUT2D eigenvalue weighted by Crippen LogP contribution is -2.64. The molecule has 8 rings (SSSR count). The van der Waals surface area contributed by atoms with Crippen molar-refractivity contribution in [2.75, 3.05) is 12.4 Å². The molecule has 0 bridgehead atoms. The maximum atomic E-state index is 15.3. The van der Waals surface area contributed by atoms with Crippen LogP contribution >= 0.6 is 23.2 Å². The molecule has 3 fully saturated rings. The number of ether oxygens (including phenoxy) is 2. The molecule has 1 N–H and O–H groups in total. The molecule has 3 heterocycles. The van der Waals surface area contributed by atoms with Crippen LogP contribution in [0.3, 0.4) is 0 Å². The predicted molar refractivity (Wildman–Crippen MR) is 192 cm³/mol. The zero-order valence-corrected chi connectivity index (χ0v) is 29.6. The minimum absolute atomic E-state index is 0.0173. The number of benzene rings is 4. The van der Waals surface area contributed by atoms with Crippen LogP contribution in [0, 0.1) is 5.41 Å². The van der Waals surface area contributed by atoms with Crippen LogP contribution in [0.1, 0.15) is 90.2 Å². The summed E-state index contributed by atoms with van der Waals surface area (Å²) in [5.74, 6) is -1.98. The third-order valence-electron chi connectivity index (χ3n) is 11.8. The normalized spacial score (nSPS) is 27.8. The van der Waals surface area contributed by atoms with E-state index in [1.54, 1.807) is 24.3 Å². The van der Waals surface area contributed by atoms with Gasteiger partial charge >= 0.3 is 11.9 Å². The van der Waals surface area contributed by atoms with Crippen LogP contribution in [-0.4, -0.2) is 41.4 Å². The molecule has 1 amide bonds. The van der Waals surface area contributed by atoms with Crippen molar-refractivity contribution in [3.63, 3.8) is 0 Å². The minimum atomic E-state index is -1.29. The van der Waals surface area contributed by atoms with Gasteiger partial charge in [0.1, 0.15) is 17.6 Å². The first kappa shape index (κ1) is 33.0. The number of nitrogens with one attached hydrogen (secondary N) is 1. The number of nitrogens with zero attached hydrogens (tertiary/aromatic N) is 1. The molecule has 7 nitrogen and oxygen atoms in total. The van der Waals surface area contributed by atoms with Crippen LogP contribution in [0.5, 0.6) is 0 Å². The quantitative estimate of drug-likeness (QED) is 0.213. The maximum Gasteiger partial charge on any atom is 0.337 e. The monoisotopic (exact) mass is 708 g/mol. The van der Waals surface area contributed by atoms with E-state index in [0.29, 0.717) is 34.1 Å². The van der Waals surface area contributed by atoms with Crippen molar-refractivity contribution in [3.8, 4) is 0 Å². The molecule has 0 radical (unpaired) electrons. The summed E-state index contributed by atoms with van der Waals surface area (Å²) < 4.78 is 11.7. The SMILES string of the molecule is COC(=O)c1cc(Cl)cc([C@H]2[C@@H]3C(=O)O[C@@H](c4ccccc4)[C@@H](c4ccccc4)N3C3(CCC(C)(C)CC3)[C@@]23C(=O)Nc2cc(Cl)ccc23)c1. The number of anilines is 1. The third kappa shape index (κ3) is 4.77. The van der Waals surface area contributed by atoms with Crippen LogP contribution in [0.4, 0.5) is 5.69 Å². The zero-order valence-electron chi connectivity index (χ0n) is 28.1. The number of halogens is 2. The van der Waals surface area contributed by atoms with Crippen LogP contribution in [-0.2, 0) is 24.5 Å². The molecule has 9 heteroatoms. The zero-order chi connectivity index (χ0) is 35.0. The highest BCUT2D eigenvalue weighted by molar-refractivity contribution is 6.31. The first-order valence-corrected chi connectivity index (χ1v) is 17.9. The Labute approximate surface area is 301 Å². The molecule has 5 atom stereocenters. The molecular formula is C41H38Cl2N2O5. The van der Waals surface area contributed by atoms with Gasteiger partial charge in [-0.2, -0.15) is 0 Å². The second-order valence-electron chi connectivity index (χ2n) is 14.9. The number of amides is 1. The number of carbonyl (C=O) groups is 3. The summed E-state index contributed by atoms with van der Waals surface area (Å²) in [5.41, 5.74) is 1.95. The summed E-state index contributed by atoms with van der Waals surface area (Å²) in [6.45, 7) is 4.54. The molecule has 2 spiro atoms. The Morgan fingerprint density at radius 2 is 1.46 bits per heavy atom. The fourth-order valence-electron chi connectivity index (χ4n) is 9.66. The highest BCUT2D eigenvalue weighted by Crippen LogP contribution is 2.71. The van der Waals surface area contributed by atoms with Crippen molar-refractivity contribution in [2.45, 2.75) is 74.6 Å². The first-order chi connectivity index (χ1) is 24.0. The van der Waals surface area contributed by atoms with Crippen molar-refractivity contribution in [1.82, 2.24) is 4.90 Å². The maximum absolute atomic E-state index is 15.3. The van der Waals surface area contributed by atoms with Crippen molar-refractivity contribution in [3.05, 3.63) is 135 Å². The van der Waals surface area contributed by atoms with Gasteiger partial charge in [-0.05, 0) is 83.7 Å². The Balaban J connectivity index is 1.49. The van der Waals surface area contributed by atoms with E-state index in [-0.39, 0.29) is 16.9 Å². The molecule has 0 aromatic heterocycles. The Hall–Kier alpha value is -4.17. The van der Waals surface area contributed by atoms with Gasteiger partial charge in [-0.1, -0.05) is 104 Å². The van der Waals surface area contributed by atoms with E-state index in [1.807, 2.05) is 60.7 Å². The van der Waals surface area contributed by atoms with Crippen LogP contribution in [0.2, 0.25) is 10.0 Å². The Bertz CT molecular complexity index is 2010. The molecule has 50 heavy (non-hydrogen) atoms. The van der Waals surface area contributed by atoms with E-state index in [2.05, 4.69) is 36.2 Å². The van der Waals surface area contributed by atoms with Gasteiger partial charge in [0.05, 0.1) is 18.7 Å². The standard InChI is InChI=1S/C41H38Cl2N2O5/c1-39(2)16-18-40(19-17-39)41(30-15-14-28(42)23-31(30)44-38(41)48)32(26-20-27(36(46)49-3)22-29(43)21-26)34-37(47)50-35(25-12-8-5-9-13-25)33(45(34)40)24-10-6-4-7-11-24/h4-15,20-23,32-35H,16-19H2,1-3H3,(H,44,48)/t32-,33+,34+,35-,41+/m0/s1. The lowest BCUT2D eigenvalue weighted by molar-refractivity contribution is -0.184. The summed E-state index contributed by atoms with van der Waals surface area (Å²) in [5, 5.41) is 4.02. The predicted octanol–water partition coefficient (Wildman–Crippen LogP) is 8.82. The van der Waals surface area contributed by atoms with Gasteiger partial charge in [0.25, 0.3) is 0 Å². The number of hydrogen-bond acceptors (Lipinski definition) is 6. The van der Waals surface area contributed by atoms with Gasteiger partial charge in [0, 0.05) is 27.2 Å². The van der Waals surface area contributed by atoms with Crippen molar-refractivity contribution < 1.29 is 23.9 Å². The van der Waals surface area contributed by atoms with E-state index in [9.17, 15) is 4.79 Å². The average molecular weight is 710 g/mol. The number of methoxy groups -OCH3 is 1. The molecule has 4 aromatic carbocycles. The van der Waals surface area contributed by atoms with E-state index in [4.69, 9.17) is 32.7 Å². The topological polar surface area (TPSA) is 84.9 Å². The molecular weight excluding hydrogens is 671 g/mol. The number of esters is 2. The second kappa shape index (κ2) is 12.0. The Morgan fingerprint density at radius 3 is 2.12 bits per heavy atom. The molecule has 1 aliphatic carbocycles. The molecule has 2 saturated heterocycles. The van der Waals surface area contributed by atoms with Crippen LogP contribution in [0.15, 0.2) is 97.1 Å². The lowest BCUT2D eigenvalue weighted by Gasteiger charge is -2.57. The molecule has 3 aliphatic heterocycles. The summed E-state index contributed by atoms with van der Waals surface area (Å²) in [6, 6.07) is 29.2. The van der Waals surface area contributed by atoms with Crippen molar-refractivity contribution in [2.24, 2.45) is 5.41 Å². The first-order valence-electron chi connectivity index (χ1n) is 17.1. The summed E-state index contributed by atoms with van der Waals surface area (Å²) in [7, 11) is 1.32. The fourth-order valence-corrected chi connectivity index (χ4v) is 10.1. The second-order valence-corrected chi connectivity index (χ2v) is 15.7.